The molecule has 0 bridgehead atoms. The van der Waals surface area contributed by atoms with Gasteiger partial charge < -0.3 is 9.47 Å². The van der Waals surface area contributed by atoms with Crippen molar-refractivity contribution in [3.63, 3.8) is 0 Å². The SMILES string of the molecule is COc1ccccc1OCc1cccc(-c2nc3c4sc5nc(C(F)(F)F)cc(C)c5c4ncn3n2)c1. The molecule has 7 nitrogen and oxygen atoms in total. The summed E-state index contributed by atoms with van der Waals surface area (Å²) in [7, 11) is 1.59. The van der Waals surface area contributed by atoms with Crippen LogP contribution < -0.4 is 9.47 Å². The van der Waals surface area contributed by atoms with Gasteiger partial charge in [-0.15, -0.1) is 16.4 Å². The molecule has 0 spiro atoms. The number of rotatable bonds is 5. The Morgan fingerprint density at radius 1 is 1.00 bits per heavy atom. The molecule has 4 aromatic heterocycles. The third kappa shape index (κ3) is 4.10. The number of benzene rings is 2. The molecule has 4 heterocycles. The highest BCUT2D eigenvalue weighted by Crippen LogP contribution is 2.38. The van der Waals surface area contributed by atoms with Crippen LogP contribution in [0.5, 0.6) is 11.5 Å². The van der Waals surface area contributed by atoms with E-state index in [1.54, 1.807) is 14.0 Å². The van der Waals surface area contributed by atoms with Gasteiger partial charge in [-0.25, -0.2) is 19.5 Å². The van der Waals surface area contributed by atoms with Crippen molar-refractivity contribution in [2.75, 3.05) is 7.11 Å². The molecule has 0 amide bonds. The van der Waals surface area contributed by atoms with Gasteiger partial charge in [0, 0.05) is 10.9 Å². The summed E-state index contributed by atoms with van der Waals surface area (Å²) in [6, 6.07) is 16.1. The molecule has 186 valence electrons. The average Bonchev–Trinajstić information content (AvgIpc) is 3.49. The van der Waals surface area contributed by atoms with Crippen molar-refractivity contribution in [2.24, 2.45) is 0 Å². The predicted molar refractivity (Wildman–Crippen MR) is 134 cm³/mol. The average molecular weight is 522 g/mol. The summed E-state index contributed by atoms with van der Waals surface area (Å²) in [6.45, 7) is 1.95. The summed E-state index contributed by atoms with van der Waals surface area (Å²) >= 11 is 1.13. The first-order valence-electron chi connectivity index (χ1n) is 11.2. The van der Waals surface area contributed by atoms with Gasteiger partial charge in [0.2, 0.25) is 0 Å². The molecule has 0 fully saturated rings. The van der Waals surface area contributed by atoms with Crippen LogP contribution in [0.3, 0.4) is 0 Å². The third-order valence-corrected chi connectivity index (χ3v) is 6.97. The van der Waals surface area contributed by atoms with E-state index in [2.05, 4.69) is 15.1 Å². The van der Waals surface area contributed by atoms with Gasteiger partial charge >= 0.3 is 6.18 Å². The number of pyridine rings is 1. The lowest BCUT2D eigenvalue weighted by Crippen LogP contribution is -2.07. The number of aryl methyl sites for hydroxylation is 1. The Hall–Kier alpha value is -4.25. The number of alkyl halides is 3. The summed E-state index contributed by atoms with van der Waals surface area (Å²) in [5.74, 6) is 1.75. The van der Waals surface area contributed by atoms with E-state index >= 15 is 0 Å². The molecule has 0 N–H and O–H groups in total. The highest BCUT2D eigenvalue weighted by molar-refractivity contribution is 7.26. The number of methoxy groups -OCH3 is 1. The second kappa shape index (κ2) is 8.70. The van der Waals surface area contributed by atoms with Crippen LogP contribution in [0.25, 0.3) is 37.5 Å². The number of nitrogens with zero attached hydrogens (tertiary/aromatic N) is 5. The highest BCUT2D eigenvalue weighted by Gasteiger charge is 2.33. The molecule has 0 aliphatic heterocycles. The van der Waals surface area contributed by atoms with Gasteiger partial charge in [-0.2, -0.15) is 13.2 Å². The Morgan fingerprint density at radius 3 is 2.59 bits per heavy atom. The lowest BCUT2D eigenvalue weighted by atomic mass is 10.1. The van der Waals surface area contributed by atoms with E-state index in [4.69, 9.17) is 14.5 Å². The van der Waals surface area contributed by atoms with Crippen LogP contribution >= 0.6 is 11.3 Å². The molecular weight excluding hydrogens is 503 g/mol. The number of thiophene rings is 1. The van der Waals surface area contributed by atoms with E-state index in [0.717, 1.165) is 28.5 Å². The molecule has 0 unspecified atom stereocenters. The monoisotopic (exact) mass is 521 g/mol. The zero-order valence-corrected chi connectivity index (χ0v) is 20.4. The van der Waals surface area contributed by atoms with Gasteiger partial charge in [0.1, 0.15) is 28.2 Å². The summed E-state index contributed by atoms with van der Waals surface area (Å²) < 4.78 is 53.3. The van der Waals surface area contributed by atoms with Crippen LogP contribution in [0.4, 0.5) is 13.2 Å². The van der Waals surface area contributed by atoms with Crippen molar-refractivity contribution in [3.8, 4) is 22.9 Å². The van der Waals surface area contributed by atoms with Gasteiger partial charge in [0.15, 0.2) is 23.0 Å². The quantitative estimate of drug-likeness (QED) is 0.259. The van der Waals surface area contributed by atoms with Crippen LogP contribution in [0.1, 0.15) is 16.8 Å². The Kier molecular flexibility index (Phi) is 5.45. The number of hydrogen-bond acceptors (Lipinski definition) is 7. The van der Waals surface area contributed by atoms with Crippen LogP contribution in [0.15, 0.2) is 60.9 Å². The maximum Gasteiger partial charge on any atom is 0.433 e. The van der Waals surface area contributed by atoms with Crippen molar-refractivity contribution >= 4 is 37.4 Å². The molecule has 0 aliphatic rings. The molecule has 0 atom stereocenters. The predicted octanol–water partition coefficient (Wildman–Crippen LogP) is 6.47. The maximum absolute atomic E-state index is 13.3. The van der Waals surface area contributed by atoms with E-state index in [1.807, 2.05) is 48.5 Å². The van der Waals surface area contributed by atoms with E-state index in [1.165, 1.54) is 10.8 Å². The van der Waals surface area contributed by atoms with Crippen LogP contribution in [-0.4, -0.2) is 31.7 Å². The lowest BCUT2D eigenvalue weighted by Gasteiger charge is -2.10. The van der Waals surface area contributed by atoms with Gasteiger partial charge in [0.25, 0.3) is 0 Å². The minimum Gasteiger partial charge on any atom is -0.493 e. The Morgan fingerprint density at radius 2 is 1.81 bits per heavy atom. The fourth-order valence-electron chi connectivity index (χ4n) is 4.18. The van der Waals surface area contributed by atoms with E-state index in [0.29, 0.717) is 50.7 Å². The van der Waals surface area contributed by atoms with Crippen molar-refractivity contribution in [2.45, 2.75) is 19.7 Å². The maximum atomic E-state index is 13.3. The van der Waals surface area contributed by atoms with Gasteiger partial charge in [-0.3, -0.25) is 0 Å². The first-order chi connectivity index (χ1) is 17.8. The van der Waals surface area contributed by atoms with E-state index in [-0.39, 0.29) is 4.83 Å². The smallest absolute Gasteiger partial charge is 0.433 e. The highest BCUT2D eigenvalue weighted by atomic mass is 32.1. The van der Waals surface area contributed by atoms with Crippen LogP contribution in [-0.2, 0) is 12.8 Å². The van der Waals surface area contributed by atoms with Crippen molar-refractivity contribution in [1.29, 1.82) is 0 Å². The number of halogens is 3. The standard InChI is InChI=1S/C26H18F3N5O2S/c1-14-10-19(26(27,28)29)31-25-20(14)21-22(37-25)24-32-23(33-34(24)13-30-21)16-7-5-6-15(11-16)12-36-18-9-4-3-8-17(18)35-2/h3-11,13H,12H2,1-2H3. The molecule has 37 heavy (non-hydrogen) atoms. The molecule has 2 aromatic carbocycles. The fourth-order valence-corrected chi connectivity index (χ4v) is 5.36. The summed E-state index contributed by atoms with van der Waals surface area (Å²) in [5.41, 5.74) is 2.28. The topological polar surface area (TPSA) is 74.4 Å². The number of hydrogen-bond donors (Lipinski definition) is 0. The largest absolute Gasteiger partial charge is 0.493 e. The molecule has 0 radical (unpaired) electrons. The number of aromatic nitrogens is 5. The minimum absolute atomic E-state index is 0.267. The lowest BCUT2D eigenvalue weighted by molar-refractivity contribution is -0.141. The molecule has 6 rings (SSSR count). The summed E-state index contributed by atoms with van der Waals surface area (Å²) in [4.78, 5) is 13.3. The zero-order chi connectivity index (χ0) is 25.7. The second-order valence-electron chi connectivity index (χ2n) is 8.37. The van der Waals surface area contributed by atoms with Gasteiger partial charge in [0.05, 0.1) is 12.6 Å². The first kappa shape index (κ1) is 23.2. The summed E-state index contributed by atoms with van der Waals surface area (Å²) in [6.07, 6.45) is -3.01. The Labute approximate surface area is 212 Å². The number of para-hydroxylation sites is 2. The van der Waals surface area contributed by atoms with Crippen molar-refractivity contribution < 1.29 is 22.6 Å². The fraction of sp³-hybridized carbons (Fsp3) is 0.154. The number of fused-ring (bicyclic) bond motifs is 5. The third-order valence-electron chi connectivity index (χ3n) is 5.90. The second-order valence-corrected chi connectivity index (χ2v) is 9.37. The molecule has 11 heteroatoms. The molecule has 6 aromatic rings. The Balaban J connectivity index is 1.38. The van der Waals surface area contributed by atoms with E-state index < -0.39 is 11.9 Å². The van der Waals surface area contributed by atoms with Crippen molar-refractivity contribution in [3.05, 3.63) is 77.7 Å². The van der Waals surface area contributed by atoms with Crippen LogP contribution in [0.2, 0.25) is 0 Å². The van der Waals surface area contributed by atoms with Crippen LogP contribution in [0, 0.1) is 6.92 Å². The normalized spacial score (nSPS) is 12.0. The molecule has 0 aliphatic carbocycles. The minimum atomic E-state index is -4.53. The molecule has 0 saturated heterocycles. The van der Waals surface area contributed by atoms with E-state index in [9.17, 15) is 13.2 Å². The number of ether oxygens (including phenoxy) is 2. The van der Waals surface area contributed by atoms with Gasteiger partial charge in [-0.05, 0) is 42.3 Å². The van der Waals surface area contributed by atoms with Crippen molar-refractivity contribution in [1.82, 2.24) is 24.6 Å². The Bertz CT molecular complexity index is 1790. The summed E-state index contributed by atoms with van der Waals surface area (Å²) in [5, 5.41) is 5.15. The van der Waals surface area contributed by atoms with Gasteiger partial charge in [-0.1, -0.05) is 30.3 Å². The zero-order valence-electron chi connectivity index (χ0n) is 19.6. The first-order valence-corrected chi connectivity index (χ1v) is 12.0. The molecular formula is C26H18F3N5O2S. The molecule has 0 saturated carbocycles.